The molecule has 0 aliphatic carbocycles. The number of aryl methyl sites for hydroxylation is 1. The second-order valence-corrected chi connectivity index (χ2v) is 5.62. The van der Waals surface area contributed by atoms with E-state index in [1.165, 1.54) is 0 Å². The van der Waals surface area contributed by atoms with Crippen molar-refractivity contribution >= 4 is 22.7 Å². The van der Waals surface area contributed by atoms with Crippen molar-refractivity contribution in [1.82, 2.24) is 0 Å². The first-order valence-electron chi connectivity index (χ1n) is 6.29. The molecular formula is C15H17NO4. The highest BCUT2D eigenvalue weighted by Crippen LogP contribution is 2.18. The van der Waals surface area contributed by atoms with Gasteiger partial charge in [-0.15, -0.1) is 0 Å². The summed E-state index contributed by atoms with van der Waals surface area (Å²) in [6.45, 7) is 7.18. The van der Waals surface area contributed by atoms with Crippen molar-refractivity contribution in [1.29, 1.82) is 0 Å². The van der Waals surface area contributed by atoms with E-state index in [-0.39, 0.29) is 5.69 Å². The summed E-state index contributed by atoms with van der Waals surface area (Å²) >= 11 is 0. The SMILES string of the molecule is Cc1ccc2oc(=O)c(NC(=O)OC(C)(C)C)cc2c1. The average molecular weight is 275 g/mol. The molecule has 2 aromatic rings. The molecule has 0 bridgehead atoms. The van der Waals surface area contributed by atoms with Crippen LogP contribution in [0.3, 0.4) is 0 Å². The van der Waals surface area contributed by atoms with E-state index in [2.05, 4.69) is 5.32 Å². The van der Waals surface area contributed by atoms with Gasteiger partial charge in [0.1, 0.15) is 16.9 Å². The summed E-state index contributed by atoms with van der Waals surface area (Å²) in [5, 5.41) is 3.16. The van der Waals surface area contributed by atoms with Crippen molar-refractivity contribution in [2.24, 2.45) is 0 Å². The lowest BCUT2D eigenvalue weighted by atomic mass is 10.1. The topological polar surface area (TPSA) is 68.5 Å². The summed E-state index contributed by atoms with van der Waals surface area (Å²) in [7, 11) is 0. The Labute approximate surface area is 116 Å². The molecule has 0 fully saturated rings. The van der Waals surface area contributed by atoms with Gasteiger partial charge in [-0.05, 0) is 45.9 Å². The van der Waals surface area contributed by atoms with Crippen LogP contribution in [-0.4, -0.2) is 11.7 Å². The van der Waals surface area contributed by atoms with E-state index < -0.39 is 17.3 Å². The maximum atomic E-state index is 11.8. The fourth-order valence-corrected chi connectivity index (χ4v) is 1.74. The van der Waals surface area contributed by atoms with Crippen LogP contribution in [0.15, 0.2) is 33.5 Å². The molecule has 0 atom stereocenters. The lowest BCUT2D eigenvalue weighted by Gasteiger charge is -2.19. The maximum Gasteiger partial charge on any atom is 0.412 e. The molecule has 5 nitrogen and oxygen atoms in total. The fourth-order valence-electron chi connectivity index (χ4n) is 1.74. The third kappa shape index (κ3) is 3.38. The van der Waals surface area contributed by atoms with Gasteiger partial charge in [-0.3, -0.25) is 5.32 Å². The number of anilines is 1. The van der Waals surface area contributed by atoms with Crippen LogP contribution in [0, 0.1) is 6.92 Å². The molecule has 0 aliphatic rings. The van der Waals surface area contributed by atoms with E-state index in [1.54, 1.807) is 32.9 Å². The number of carbonyl (C=O) groups excluding carboxylic acids is 1. The minimum atomic E-state index is -0.684. The summed E-state index contributed by atoms with van der Waals surface area (Å²) in [6.07, 6.45) is -0.684. The Hall–Kier alpha value is -2.30. The molecule has 1 N–H and O–H groups in total. The number of fused-ring (bicyclic) bond motifs is 1. The average Bonchev–Trinajstić information content (AvgIpc) is 2.28. The van der Waals surface area contributed by atoms with E-state index in [4.69, 9.17) is 9.15 Å². The van der Waals surface area contributed by atoms with Crippen molar-refractivity contribution in [3.8, 4) is 0 Å². The predicted octanol–water partition coefficient (Wildman–Crippen LogP) is 3.45. The third-order valence-electron chi connectivity index (χ3n) is 2.52. The Balaban J connectivity index is 2.32. The van der Waals surface area contributed by atoms with E-state index in [0.29, 0.717) is 5.58 Å². The molecule has 1 amide bonds. The second-order valence-electron chi connectivity index (χ2n) is 5.62. The highest BCUT2D eigenvalue weighted by Gasteiger charge is 2.17. The molecule has 0 unspecified atom stereocenters. The van der Waals surface area contributed by atoms with Crippen LogP contribution < -0.4 is 10.9 Å². The molecule has 0 spiro atoms. The molecule has 5 heteroatoms. The van der Waals surface area contributed by atoms with Crippen molar-refractivity contribution < 1.29 is 13.9 Å². The van der Waals surface area contributed by atoms with Gasteiger partial charge < -0.3 is 9.15 Å². The molecule has 0 aliphatic heterocycles. The Bertz CT molecular complexity index is 710. The molecule has 2 rings (SSSR count). The van der Waals surface area contributed by atoms with Gasteiger partial charge in [-0.25, -0.2) is 9.59 Å². The maximum absolute atomic E-state index is 11.8. The molecule has 0 saturated heterocycles. The molecule has 1 aromatic carbocycles. The van der Waals surface area contributed by atoms with Gasteiger partial charge >= 0.3 is 11.7 Å². The van der Waals surface area contributed by atoms with Crippen LogP contribution in [0.5, 0.6) is 0 Å². The number of carbonyl (C=O) groups is 1. The van der Waals surface area contributed by atoms with Gasteiger partial charge in [0.25, 0.3) is 0 Å². The summed E-state index contributed by atoms with van der Waals surface area (Å²) < 4.78 is 10.3. The van der Waals surface area contributed by atoms with E-state index in [0.717, 1.165) is 10.9 Å². The zero-order chi connectivity index (χ0) is 14.9. The van der Waals surface area contributed by atoms with Gasteiger partial charge in [0.2, 0.25) is 0 Å². The number of hydrogen-bond donors (Lipinski definition) is 1. The summed E-state index contributed by atoms with van der Waals surface area (Å²) in [6, 6.07) is 7.03. The summed E-state index contributed by atoms with van der Waals surface area (Å²) in [5.74, 6) is 0. The first-order valence-corrected chi connectivity index (χ1v) is 6.29. The fraction of sp³-hybridized carbons (Fsp3) is 0.333. The Morgan fingerprint density at radius 2 is 1.95 bits per heavy atom. The standard InChI is InChI=1S/C15H17NO4/c1-9-5-6-12-10(7-9)8-11(13(17)19-12)16-14(18)20-15(2,3)4/h5-8H,1-4H3,(H,16,18). The minimum Gasteiger partial charge on any atom is -0.444 e. The number of amides is 1. The van der Waals surface area contributed by atoms with Crippen molar-refractivity contribution in [3.63, 3.8) is 0 Å². The third-order valence-corrected chi connectivity index (χ3v) is 2.52. The number of rotatable bonds is 1. The van der Waals surface area contributed by atoms with Crippen molar-refractivity contribution in [3.05, 3.63) is 40.2 Å². The zero-order valence-corrected chi connectivity index (χ0v) is 11.9. The van der Waals surface area contributed by atoms with Gasteiger partial charge in [0.05, 0.1) is 0 Å². The number of hydrogen-bond acceptors (Lipinski definition) is 4. The van der Waals surface area contributed by atoms with E-state index in [9.17, 15) is 9.59 Å². The normalized spacial score (nSPS) is 11.4. The molecular weight excluding hydrogens is 258 g/mol. The molecule has 20 heavy (non-hydrogen) atoms. The largest absolute Gasteiger partial charge is 0.444 e. The van der Waals surface area contributed by atoms with Crippen LogP contribution in [0.25, 0.3) is 11.0 Å². The number of benzene rings is 1. The number of nitrogens with one attached hydrogen (secondary N) is 1. The van der Waals surface area contributed by atoms with Crippen molar-refractivity contribution in [2.75, 3.05) is 5.32 Å². The Kier molecular flexibility index (Phi) is 3.53. The van der Waals surface area contributed by atoms with Crippen LogP contribution >= 0.6 is 0 Å². The van der Waals surface area contributed by atoms with Crippen LogP contribution in [0.2, 0.25) is 0 Å². The van der Waals surface area contributed by atoms with Gasteiger partial charge in [0, 0.05) is 5.39 Å². The van der Waals surface area contributed by atoms with Gasteiger partial charge in [-0.2, -0.15) is 0 Å². The van der Waals surface area contributed by atoms with Crippen molar-refractivity contribution in [2.45, 2.75) is 33.3 Å². The molecule has 1 heterocycles. The molecule has 1 aromatic heterocycles. The minimum absolute atomic E-state index is 0.0670. The molecule has 106 valence electrons. The van der Waals surface area contributed by atoms with Gasteiger partial charge in [-0.1, -0.05) is 11.6 Å². The monoisotopic (exact) mass is 275 g/mol. The van der Waals surface area contributed by atoms with Crippen LogP contribution in [0.1, 0.15) is 26.3 Å². The second kappa shape index (κ2) is 5.00. The first-order chi connectivity index (χ1) is 9.24. The first kappa shape index (κ1) is 14.1. The van der Waals surface area contributed by atoms with Crippen LogP contribution in [0.4, 0.5) is 10.5 Å². The summed E-state index contributed by atoms with van der Waals surface area (Å²) in [5.41, 5.74) is 0.354. The highest BCUT2D eigenvalue weighted by atomic mass is 16.6. The quantitative estimate of drug-likeness (QED) is 0.809. The lowest BCUT2D eigenvalue weighted by Crippen LogP contribution is -2.28. The molecule has 0 radical (unpaired) electrons. The Morgan fingerprint density at radius 1 is 1.25 bits per heavy atom. The zero-order valence-electron chi connectivity index (χ0n) is 11.9. The van der Waals surface area contributed by atoms with Crippen LogP contribution in [-0.2, 0) is 4.74 Å². The highest BCUT2D eigenvalue weighted by molar-refractivity contribution is 5.88. The van der Waals surface area contributed by atoms with E-state index >= 15 is 0 Å². The Morgan fingerprint density at radius 3 is 2.60 bits per heavy atom. The lowest BCUT2D eigenvalue weighted by molar-refractivity contribution is 0.0635. The van der Waals surface area contributed by atoms with Gasteiger partial charge in [0.15, 0.2) is 0 Å². The smallest absolute Gasteiger partial charge is 0.412 e. The summed E-state index contributed by atoms with van der Waals surface area (Å²) in [4.78, 5) is 23.5. The number of ether oxygens (including phenoxy) is 1. The molecule has 0 saturated carbocycles. The van der Waals surface area contributed by atoms with E-state index in [1.807, 2.05) is 19.1 Å². The predicted molar refractivity (Wildman–Crippen MR) is 77.1 cm³/mol.